The third kappa shape index (κ3) is 4.85. The fourth-order valence-electron chi connectivity index (χ4n) is 2.64. The highest BCUT2D eigenvalue weighted by molar-refractivity contribution is 5.42. The first kappa shape index (κ1) is 18.0. The standard InChI is InChI=1S/C22H24N2O2/c23-14-21(24)20-13-19(25-15-17-7-3-1-4-8-17)11-12-22(20)26-16-18-9-5-2-6-10-18/h1-13,21H,14-16,23-24H2. The Bertz CT molecular complexity index is 807. The van der Waals surface area contributed by atoms with Crippen LogP contribution in [0.5, 0.6) is 11.5 Å². The molecule has 0 fully saturated rings. The maximum absolute atomic E-state index is 6.18. The van der Waals surface area contributed by atoms with Gasteiger partial charge in [-0.2, -0.15) is 0 Å². The molecule has 0 aliphatic heterocycles. The Labute approximate surface area is 154 Å². The van der Waals surface area contributed by atoms with Gasteiger partial charge in [-0.25, -0.2) is 0 Å². The Hall–Kier alpha value is -2.82. The Morgan fingerprint density at radius 2 is 1.31 bits per heavy atom. The third-order valence-corrected chi connectivity index (χ3v) is 4.12. The van der Waals surface area contributed by atoms with E-state index in [1.165, 1.54) is 0 Å². The van der Waals surface area contributed by atoms with E-state index < -0.39 is 0 Å². The molecule has 4 N–H and O–H groups in total. The van der Waals surface area contributed by atoms with Crippen LogP contribution in [0.15, 0.2) is 78.9 Å². The van der Waals surface area contributed by atoms with E-state index in [-0.39, 0.29) is 6.04 Å². The summed E-state index contributed by atoms with van der Waals surface area (Å²) in [7, 11) is 0. The minimum atomic E-state index is -0.305. The van der Waals surface area contributed by atoms with Gasteiger partial charge >= 0.3 is 0 Å². The molecule has 0 aliphatic rings. The molecule has 134 valence electrons. The predicted octanol–water partition coefficient (Wildman–Crippen LogP) is 3.80. The van der Waals surface area contributed by atoms with Gasteiger partial charge in [0.25, 0.3) is 0 Å². The van der Waals surface area contributed by atoms with Crippen molar-refractivity contribution < 1.29 is 9.47 Å². The van der Waals surface area contributed by atoms with Gasteiger partial charge in [0.1, 0.15) is 24.7 Å². The van der Waals surface area contributed by atoms with Crippen LogP contribution in [-0.4, -0.2) is 6.54 Å². The molecule has 0 heterocycles. The van der Waals surface area contributed by atoms with Gasteiger partial charge in [-0.15, -0.1) is 0 Å². The summed E-state index contributed by atoms with van der Waals surface area (Å²) in [5, 5.41) is 0. The van der Waals surface area contributed by atoms with Gasteiger partial charge in [-0.05, 0) is 29.3 Å². The van der Waals surface area contributed by atoms with Crippen molar-refractivity contribution in [2.24, 2.45) is 11.5 Å². The van der Waals surface area contributed by atoms with Crippen LogP contribution >= 0.6 is 0 Å². The van der Waals surface area contributed by atoms with Crippen molar-refractivity contribution >= 4 is 0 Å². The van der Waals surface area contributed by atoms with Crippen molar-refractivity contribution in [3.8, 4) is 11.5 Å². The van der Waals surface area contributed by atoms with E-state index in [4.69, 9.17) is 20.9 Å². The fourth-order valence-corrected chi connectivity index (χ4v) is 2.64. The number of nitrogens with two attached hydrogens (primary N) is 2. The first-order chi connectivity index (χ1) is 12.8. The van der Waals surface area contributed by atoms with Crippen LogP contribution in [0, 0.1) is 0 Å². The molecule has 4 heteroatoms. The summed E-state index contributed by atoms with van der Waals surface area (Å²) < 4.78 is 11.9. The summed E-state index contributed by atoms with van der Waals surface area (Å²) in [6.07, 6.45) is 0. The van der Waals surface area contributed by atoms with Gasteiger partial charge in [-0.1, -0.05) is 60.7 Å². The molecule has 3 rings (SSSR count). The average molecular weight is 348 g/mol. The normalized spacial score (nSPS) is 11.8. The lowest BCUT2D eigenvalue weighted by molar-refractivity contribution is 0.293. The smallest absolute Gasteiger partial charge is 0.124 e. The maximum atomic E-state index is 6.18. The lowest BCUT2D eigenvalue weighted by Crippen LogP contribution is -2.21. The molecule has 1 unspecified atom stereocenters. The summed E-state index contributed by atoms with van der Waals surface area (Å²) in [6.45, 7) is 1.32. The molecule has 26 heavy (non-hydrogen) atoms. The Morgan fingerprint density at radius 3 is 1.88 bits per heavy atom. The molecule has 0 radical (unpaired) electrons. The zero-order valence-electron chi connectivity index (χ0n) is 14.7. The lowest BCUT2D eigenvalue weighted by Gasteiger charge is -2.17. The number of hydrogen-bond acceptors (Lipinski definition) is 4. The molecule has 3 aromatic rings. The van der Waals surface area contributed by atoms with Gasteiger partial charge in [0, 0.05) is 18.2 Å². The molecule has 3 aromatic carbocycles. The van der Waals surface area contributed by atoms with E-state index in [1.807, 2.05) is 78.9 Å². The predicted molar refractivity (Wildman–Crippen MR) is 104 cm³/mol. The molecule has 1 atom stereocenters. The monoisotopic (exact) mass is 348 g/mol. The molecule has 0 saturated heterocycles. The van der Waals surface area contributed by atoms with Gasteiger partial charge in [0.2, 0.25) is 0 Å². The van der Waals surface area contributed by atoms with Crippen LogP contribution in [0.25, 0.3) is 0 Å². The number of rotatable bonds is 8. The first-order valence-electron chi connectivity index (χ1n) is 8.69. The van der Waals surface area contributed by atoms with Crippen molar-refractivity contribution in [3.63, 3.8) is 0 Å². The van der Waals surface area contributed by atoms with Crippen molar-refractivity contribution in [2.75, 3.05) is 6.54 Å². The number of benzene rings is 3. The second-order valence-corrected chi connectivity index (χ2v) is 6.09. The topological polar surface area (TPSA) is 70.5 Å². The largest absolute Gasteiger partial charge is 0.489 e. The molecular weight excluding hydrogens is 324 g/mol. The third-order valence-electron chi connectivity index (χ3n) is 4.12. The molecule has 0 aliphatic carbocycles. The van der Waals surface area contributed by atoms with Gasteiger partial charge in [0.15, 0.2) is 0 Å². The van der Waals surface area contributed by atoms with E-state index in [9.17, 15) is 0 Å². The number of ether oxygens (including phenoxy) is 2. The van der Waals surface area contributed by atoms with Crippen molar-refractivity contribution in [1.29, 1.82) is 0 Å². The lowest BCUT2D eigenvalue weighted by atomic mass is 10.1. The quantitative estimate of drug-likeness (QED) is 0.649. The van der Waals surface area contributed by atoms with Crippen LogP contribution in [-0.2, 0) is 13.2 Å². The summed E-state index contributed by atoms with van der Waals surface area (Å²) in [5.41, 5.74) is 15.0. The summed E-state index contributed by atoms with van der Waals surface area (Å²) in [5.74, 6) is 1.48. The Balaban J connectivity index is 1.72. The van der Waals surface area contributed by atoms with Crippen molar-refractivity contribution in [3.05, 3.63) is 95.6 Å². The minimum Gasteiger partial charge on any atom is -0.489 e. The molecule has 0 saturated carbocycles. The number of hydrogen-bond donors (Lipinski definition) is 2. The highest BCUT2D eigenvalue weighted by atomic mass is 16.5. The van der Waals surface area contributed by atoms with Gasteiger partial charge in [0.05, 0.1) is 0 Å². The van der Waals surface area contributed by atoms with E-state index in [1.54, 1.807) is 0 Å². The van der Waals surface area contributed by atoms with Crippen LogP contribution in [0.2, 0.25) is 0 Å². The maximum Gasteiger partial charge on any atom is 0.124 e. The first-order valence-corrected chi connectivity index (χ1v) is 8.69. The molecule has 0 amide bonds. The Morgan fingerprint density at radius 1 is 0.731 bits per heavy atom. The minimum absolute atomic E-state index is 0.305. The SMILES string of the molecule is NCC(N)c1cc(OCc2ccccc2)ccc1OCc1ccccc1. The fraction of sp³-hybridized carbons (Fsp3) is 0.182. The van der Waals surface area contributed by atoms with Crippen LogP contribution in [0.4, 0.5) is 0 Å². The van der Waals surface area contributed by atoms with Crippen LogP contribution < -0.4 is 20.9 Å². The van der Waals surface area contributed by atoms with Gasteiger partial charge < -0.3 is 20.9 Å². The van der Waals surface area contributed by atoms with E-state index in [0.29, 0.717) is 19.8 Å². The van der Waals surface area contributed by atoms with E-state index >= 15 is 0 Å². The zero-order valence-corrected chi connectivity index (χ0v) is 14.7. The summed E-state index contributed by atoms with van der Waals surface area (Å²) >= 11 is 0. The average Bonchev–Trinajstić information content (AvgIpc) is 2.72. The molecular formula is C22H24N2O2. The summed E-state index contributed by atoms with van der Waals surface area (Å²) in [4.78, 5) is 0. The van der Waals surface area contributed by atoms with Crippen molar-refractivity contribution in [1.82, 2.24) is 0 Å². The van der Waals surface area contributed by atoms with E-state index in [2.05, 4.69) is 0 Å². The summed E-state index contributed by atoms with van der Waals surface area (Å²) in [6, 6.07) is 25.5. The van der Waals surface area contributed by atoms with Gasteiger partial charge in [-0.3, -0.25) is 0 Å². The Kier molecular flexibility index (Phi) is 6.25. The molecule has 0 bridgehead atoms. The second kappa shape index (κ2) is 9.04. The molecule has 0 spiro atoms. The highest BCUT2D eigenvalue weighted by Crippen LogP contribution is 2.29. The van der Waals surface area contributed by atoms with Crippen LogP contribution in [0.1, 0.15) is 22.7 Å². The van der Waals surface area contributed by atoms with E-state index in [0.717, 1.165) is 28.2 Å². The zero-order chi connectivity index (χ0) is 18.2. The molecule has 0 aromatic heterocycles. The van der Waals surface area contributed by atoms with Crippen molar-refractivity contribution in [2.45, 2.75) is 19.3 Å². The highest BCUT2D eigenvalue weighted by Gasteiger charge is 2.13. The molecule has 4 nitrogen and oxygen atoms in total. The second-order valence-electron chi connectivity index (χ2n) is 6.09. The van der Waals surface area contributed by atoms with Crippen LogP contribution in [0.3, 0.4) is 0 Å².